The molecule has 1 fully saturated rings. The number of aromatic nitrogens is 2. The number of hydrogen-bond donors (Lipinski definition) is 1. The average Bonchev–Trinajstić information content (AvgIpc) is 3.21. The van der Waals surface area contributed by atoms with Crippen molar-refractivity contribution in [1.29, 1.82) is 0 Å². The van der Waals surface area contributed by atoms with E-state index in [9.17, 15) is 0 Å². The number of nitrogens with zero attached hydrogens (tertiary/aromatic N) is 3. The standard InChI is InChI=1S/C16H20N4O/c17-16(14-4-1-2-5-14)19-21-12-13-6-8-15(9-7-13)20-11-3-10-18-20/h3,6-11,14H,1-2,4-5,12H2,(H2,17,19). The molecule has 1 saturated carbocycles. The summed E-state index contributed by atoms with van der Waals surface area (Å²) in [6.07, 6.45) is 8.44. The fraction of sp³-hybridized carbons (Fsp3) is 0.375. The molecule has 1 aromatic carbocycles. The fourth-order valence-electron chi connectivity index (χ4n) is 2.64. The van der Waals surface area contributed by atoms with E-state index in [4.69, 9.17) is 10.6 Å². The lowest BCUT2D eigenvalue weighted by Gasteiger charge is -2.08. The zero-order chi connectivity index (χ0) is 14.5. The number of amidine groups is 1. The molecular weight excluding hydrogens is 264 g/mol. The quantitative estimate of drug-likeness (QED) is 0.521. The summed E-state index contributed by atoms with van der Waals surface area (Å²) in [6.45, 7) is 0.437. The van der Waals surface area contributed by atoms with Crippen LogP contribution < -0.4 is 5.73 Å². The van der Waals surface area contributed by atoms with Gasteiger partial charge < -0.3 is 10.6 Å². The molecule has 0 amide bonds. The van der Waals surface area contributed by atoms with E-state index in [1.54, 1.807) is 6.20 Å². The molecule has 1 heterocycles. The van der Waals surface area contributed by atoms with Gasteiger partial charge in [-0.25, -0.2) is 4.68 Å². The normalized spacial score (nSPS) is 16.3. The molecule has 3 rings (SSSR count). The maximum Gasteiger partial charge on any atom is 0.142 e. The Morgan fingerprint density at radius 2 is 2.05 bits per heavy atom. The molecule has 0 bridgehead atoms. The highest BCUT2D eigenvalue weighted by molar-refractivity contribution is 5.82. The van der Waals surface area contributed by atoms with Crippen LogP contribution in [-0.4, -0.2) is 15.6 Å². The molecule has 21 heavy (non-hydrogen) atoms. The molecule has 1 aliphatic carbocycles. The number of benzene rings is 1. The van der Waals surface area contributed by atoms with Crippen LogP contribution in [0.25, 0.3) is 5.69 Å². The molecule has 0 atom stereocenters. The molecule has 5 nitrogen and oxygen atoms in total. The smallest absolute Gasteiger partial charge is 0.142 e. The zero-order valence-corrected chi connectivity index (χ0v) is 12.0. The van der Waals surface area contributed by atoms with Gasteiger partial charge in [-0.1, -0.05) is 30.1 Å². The average molecular weight is 284 g/mol. The van der Waals surface area contributed by atoms with Crippen molar-refractivity contribution in [1.82, 2.24) is 9.78 Å². The highest BCUT2D eigenvalue weighted by atomic mass is 16.6. The number of oxime groups is 1. The molecule has 1 aliphatic rings. The van der Waals surface area contributed by atoms with Crippen LogP contribution in [0.5, 0.6) is 0 Å². The first-order valence-electron chi connectivity index (χ1n) is 7.37. The lowest BCUT2D eigenvalue weighted by atomic mass is 10.1. The van der Waals surface area contributed by atoms with Gasteiger partial charge in [0.15, 0.2) is 0 Å². The number of hydrogen-bond acceptors (Lipinski definition) is 3. The van der Waals surface area contributed by atoms with Crippen LogP contribution in [-0.2, 0) is 11.4 Å². The Labute approximate surface area is 124 Å². The summed E-state index contributed by atoms with van der Waals surface area (Å²) >= 11 is 0. The predicted octanol–water partition coefficient (Wildman–Crippen LogP) is 2.85. The minimum Gasteiger partial charge on any atom is -0.390 e. The molecule has 0 spiro atoms. The van der Waals surface area contributed by atoms with Gasteiger partial charge >= 0.3 is 0 Å². The van der Waals surface area contributed by atoms with E-state index in [1.165, 1.54) is 12.8 Å². The Morgan fingerprint density at radius 1 is 1.29 bits per heavy atom. The molecule has 2 aromatic rings. The third-order valence-corrected chi connectivity index (χ3v) is 3.88. The Hall–Kier alpha value is -2.30. The minimum absolute atomic E-state index is 0.409. The first kappa shape index (κ1) is 13.7. The maximum absolute atomic E-state index is 5.94. The van der Waals surface area contributed by atoms with Crippen molar-refractivity contribution in [3.63, 3.8) is 0 Å². The van der Waals surface area contributed by atoms with Crippen LogP contribution in [0.4, 0.5) is 0 Å². The lowest BCUT2D eigenvalue weighted by molar-refractivity contribution is 0.128. The third kappa shape index (κ3) is 3.42. The van der Waals surface area contributed by atoms with Gasteiger partial charge in [0.1, 0.15) is 12.4 Å². The summed E-state index contributed by atoms with van der Waals surface area (Å²) in [5.41, 5.74) is 8.03. The summed E-state index contributed by atoms with van der Waals surface area (Å²) in [6, 6.07) is 9.94. The molecule has 1 aromatic heterocycles. The van der Waals surface area contributed by atoms with E-state index >= 15 is 0 Å². The van der Waals surface area contributed by atoms with Crippen molar-refractivity contribution >= 4 is 5.84 Å². The van der Waals surface area contributed by atoms with E-state index < -0.39 is 0 Å². The van der Waals surface area contributed by atoms with Gasteiger partial charge in [-0.15, -0.1) is 0 Å². The van der Waals surface area contributed by atoms with Crippen LogP contribution in [0, 0.1) is 5.92 Å². The second-order valence-corrected chi connectivity index (χ2v) is 5.39. The van der Waals surface area contributed by atoms with E-state index in [-0.39, 0.29) is 0 Å². The Bertz CT molecular complexity index is 583. The van der Waals surface area contributed by atoms with Gasteiger partial charge in [0.25, 0.3) is 0 Å². The first-order valence-corrected chi connectivity index (χ1v) is 7.37. The van der Waals surface area contributed by atoms with Crippen molar-refractivity contribution in [3.8, 4) is 5.69 Å². The van der Waals surface area contributed by atoms with Gasteiger partial charge in [-0.2, -0.15) is 5.10 Å². The van der Waals surface area contributed by atoms with E-state index in [1.807, 2.05) is 41.2 Å². The van der Waals surface area contributed by atoms with E-state index in [0.29, 0.717) is 18.4 Å². The Morgan fingerprint density at radius 3 is 2.71 bits per heavy atom. The van der Waals surface area contributed by atoms with Crippen LogP contribution in [0.2, 0.25) is 0 Å². The second kappa shape index (κ2) is 6.43. The summed E-state index contributed by atoms with van der Waals surface area (Å²) in [7, 11) is 0. The molecule has 2 N–H and O–H groups in total. The summed E-state index contributed by atoms with van der Waals surface area (Å²) in [4.78, 5) is 5.37. The van der Waals surface area contributed by atoms with Crippen molar-refractivity contribution in [2.45, 2.75) is 32.3 Å². The van der Waals surface area contributed by atoms with Crippen LogP contribution in [0.15, 0.2) is 47.9 Å². The van der Waals surface area contributed by atoms with Crippen LogP contribution >= 0.6 is 0 Å². The monoisotopic (exact) mass is 284 g/mol. The van der Waals surface area contributed by atoms with Crippen molar-refractivity contribution in [2.24, 2.45) is 16.8 Å². The molecule has 5 heteroatoms. The van der Waals surface area contributed by atoms with Gasteiger partial charge in [0, 0.05) is 18.3 Å². The fourth-order valence-corrected chi connectivity index (χ4v) is 2.64. The highest BCUT2D eigenvalue weighted by Crippen LogP contribution is 2.24. The zero-order valence-electron chi connectivity index (χ0n) is 12.0. The highest BCUT2D eigenvalue weighted by Gasteiger charge is 2.18. The minimum atomic E-state index is 0.409. The van der Waals surface area contributed by atoms with E-state index in [2.05, 4.69) is 10.3 Å². The van der Waals surface area contributed by atoms with Crippen LogP contribution in [0.3, 0.4) is 0 Å². The molecule has 110 valence electrons. The van der Waals surface area contributed by atoms with Gasteiger partial charge in [-0.05, 0) is 36.6 Å². The van der Waals surface area contributed by atoms with Crippen molar-refractivity contribution < 1.29 is 4.84 Å². The third-order valence-electron chi connectivity index (χ3n) is 3.88. The first-order chi connectivity index (χ1) is 10.3. The maximum atomic E-state index is 5.94. The van der Waals surface area contributed by atoms with E-state index in [0.717, 1.165) is 24.1 Å². The van der Waals surface area contributed by atoms with Crippen molar-refractivity contribution in [2.75, 3.05) is 0 Å². The largest absolute Gasteiger partial charge is 0.390 e. The lowest BCUT2D eigenvalue weighted by Crippen LogP contribution is -2.21. The molecular formula is C16H20N4O. The second-order valence-electron chi connectivity index (χ2n) is 5.39. The summed E-state index contributed by atoms with van der Waals surface area (Å²) in [5.74, 6) is 1.05. The van der Waals surface area contributed by atoms with Gasteiger partial charge in [-0.3, -0.25) is 0 Å². The number of rotatable bonds is 5. The summed E-state index contributed by atoms with van der Waals surface area (Å²) in [5, 5.41) is 8.24. The predicted molar refractivity (Wildman–Crippen MR) is 81.9 cm³/mol. The van der Waals surface area contributed by atoms with Crippen LogP contribution in [0.1, 0.15) is 31.2 Å². The molecule has 0 aliphatic heterocycles. The topological polar surface area (TPSA) is 65.4 Å². The SMILES string of the molecule is NC(=NOCc1ccc(-n2cccn2)cc1)C1CCCC1. The van der Waals surface area contributed by atoms with Crippen molar-refractivity contribution in [3.05, 3.63) is 48.3 Å². The molecule has 0 saturated heterocycles. The molecule has 0 unspecified atom stereocenters. The molecule has 0 radical (unpaired) electrons. The van der Waals surface area contributed by atoms with Gasteiger partial charge in [0.05, 0.1) is 5.69 Å². The Kier molecular flexibility index (Phi) is 4.19. The van der Waals surface area contributed by atoms with Gasteiger partial charge in [0.2, 0.25) is 0 Å². The number of nitrogens with two attached hydrogens (primary N) is 1. The Balaban J connectivity index is 1.54. The summed E-state index contributed by atoms with van der Waals surface area (Å²) < 4.78 is 1.82.